The third-order valence-corrected chi connectivity index (χ3v) is 2.98. The van der Waals surface area contributed by atoms with Gasteiger partial charge in [0, 0.05) is 25.3 Å². The molecule has 1 aliphatic heterocycles. The first-order chi connectivity index (χ1) is 7.75. The number of nitrogens with zero attached hydrogens (tertiary/aromatic N) is 2. The molecule has 1 fully saturated rings. The van der Waals surface area contributed by atoms with E-state index in [1.807, 2.05) is 12.3 Å². The Hall–Kier alpha value is -1.09. The lowest BCUT2D eigenvalue weighted by molar-refractivity contribution is 0.485. The van der Waals surface area contributed by atoms with E-state index in [1.165, 1.54) is 6.42 Å². The summed E-state index contributed by atoms with van der Waals surface area (Å²) in [5.41, 5.74) is 0. The van der Waals surface area contributed by atoms with Crippen LogP contribution in [0, 0.1) is 5.92 Å². The highest BCUT2D eigenvalue weighted by atomic mass is 15.2. The zero-order valence-corrected chi connectivity index (χ0v) is 10.2. The minimum atomic E-state index is 0.629. The molecule has 1 aromatic rings. The Bertz CT molecular complexity index is 310. The van der Waals surface area contributed by atoms with Crippen molar-refractivity contribution in [1.29, 1.82) is 0 Å². The molecule has 2 heterocycles. The number of hydrogen-bond donors (Lipinski definition) is 1. The average molecular weight is 219 g/mol. The first-order valence-electron chi connectivity index (χ1n) is 6.15. The van der Waals surface area contributed by atoms with Gasteiger partial charge in [0.05, 0.1) is 0 Å². The molecule has 2 rings (SSSR count). The van der Waals surface area contributed by atoms with E-state index in [0.717, 1.165) is 31.4 Å². The van der Waals surface area contributed by atoms with E-state index in [9.17, 15) is 0 Å². The summed E-state index contributed by atoms with van der Waals surface area (Å²) in [6.45, 7) is 7.81. The van der Waals surface area contributed by atoms with Crippen LogP contribution in [0.15, 0.2) is 24.4 Å². The molecule has 1 atom stereocenters. The predicted octanol–water partition coefficient (Wildman–Crippen LogP) is 1.91. The van der Waals surface area contributed by atoms with Crippen LogP contribution in [-0.2, 0) is 0 Å². The zero-order chi connectivity index (χ0) is 11.4. The molecule has 0 radical (unpaired) electrons. The fourth-order valence-electron chi connectivity index (χ4n) is 2.08. The van der Waals surface area contributed by atoms with Gasteiger partial charge >= 0.3 is 0 Å². The molecular formula is C13H21N3. The average Bonchev–Trinajstić information content (AvgIpc) is 2.76. The Labute approximate surface area is 97.9 Å². The summed E-state index contributed by atoms with van der Waals surface area (Å²) in [7, 11) is 0. The summed E-state index contributed by atoms with van der Waals surface area (Å²) in [5.74, 6) is 1.83. The van der Waals surface area contributed by atoms with E-state index in [2.05, 4.69) is 41.2 Å². The molecule has 1 saturated heterocycles. The second-order valence-corrected chi connectivity index (χ2v) is 4.92. The lowest BCUT2D eigenvalue weighted by Gasteiger charge is -2.18. The Morgan fingerprint density at radius 3 is 3.06 bits per heavy atom. The number of pyridine rings is 1. The van der Waals surface area contributed by atoms with Crippen LogP contribution in [0.4, 0.5) is 5.82 Å². The fraction of sp³-hybridized carbons (Fsp3) is 0.615. The molecule has 3 nitrogen and oxygen atoms in total. The van der Waals surface area contributed by atoms with Crippen molar-refractivity contribution in [3.63, 3.8) is 0 Å². The maximum absolute atomic E-state index is 4.39. The minimum Gasteiger partial charge on any atom is -0.355 e. The van der Waals surface area contributed by atoms with Gasteiger partial charge in [-0.25, -0.2) is 4.98 Å². The van der Waals surface area contributed by atoms with Gasteiger partial charge in [-0.3, -0.25) is 0 Å². The van der Waals surface area contributed by atoms with Gasteiger partial charge in [-0.15, -0.1) is 0 Å². The summed E-state index contributed by atoms with van der Waals surface area (Å²) in [5, 5.41) is 3.61. The van der Waals surface area contributed by atoms with E-state index in [-0.39, 0.29) is 0 Å². The monoisotopic (exact) mass is 219 g/mol. The number of hydrogen-bond acceptors (Lipinski definition) is 3. The van der Waals surface area contributed by atoms with E-state index < -0.39 is 0 Å². The van der Waals surface area contributed by atoms with Crippen LogP contribution in [0.1, 0.15) is 20.3 Å². The molecule has 1 N–H and O–H groups in total. The quantitative estimate of drug-likeness (QED) is 0.838. The molecule has 1 aromatic heterocycles. The predicted molar refractivity (Wildman–Crippen MR) is 67.7 cm³/mol. The Kier molecular flexibility index (Phi) is 3.78. The maximum atomic E-state index is 4.39. The molecular weight excluding hydrogens is 198 g/mol. The van der Waals surface area contributed by atoms with Crippen LogP contribution in [0.3, 0.4) is 0 Å². The summed E-state index contributed by atoms with van der Waals surface area (Å²) in [4.78, 5) is 6.75. The molecule has 0 saturated carbocycles. The highest BCUT2D eigenvalue weighted by molar-refractivity contribution is 5.39. The maximum Gasteiger partial charge on any atom is 0.128 e. The highest BCUT2D eigenvalue weighted by Crippen LogP contribution is 2.17. The third-order valence-electron chi connectivity index (χ3n) is 2.98. The second-order valence-electron chi connectivity index (χ2n) is 4.92. The van der Waals surface area contributed by atoms with E-state index in [4.69, 9.17) is 0 Å². The van der Waals surface area contributed by atoms with Gasteiger partial charge in [0.1, 0.15) is 5.82 Å². The summed E-state index contributed by atoms with van der Waals surface area (Å²) in [6.07, 6.45) is 3.09. The lowest BCUT2D eigenvalue weighted by atomic mass is 10.2. The van der Waals surface area contributed by atoms with Crippen LogP contribution in [0.2, 0.25) is 0 Å². The second kappa shape index (κ2) is 5.30. The number of nitrogens with one attached hydrogen (secondary N) is 1. The fourth-order valence-corrected chi connectivity index (χ4v) is 2.08. The van der Waals surface area contributed by atoms with Crippen molar-refractivity contribution in [3.8, 4) is 0 Å². The number of anilines is 1. The van der Waals surface area contributed by atoms with Gasteiger partial charge in [0.2, 0.25) is 0 Å². The molecule has 0 amide bonds. The van der Waals surface area contributed by atoms with Crippen LogP contribution in [0.5, 0.6) is 0 Å². The van der Waals surface area contributed by atoms with E-state index in [1.54, 1.807) is 0 Å². The Morgan fingerprint density at radius 1 is 1.50 bits per heavy atom. The summed E-state index contributed by atoms with van der Waals surface area (Å²) >= 11 is 0. The Morgan fingerprint density at radius 2 is 2.38 bits per heavy atom. The molecule has 16 heavy (non-hydrogen) atoms. The lowest BCUT2D eigenvalue weighted by Crippen LogP contribution is -2.34. The smallest absolute Gasteiger partial charge is 0.128 e. The normalized spacial score (nSPS) is 20.7. The van der Waals surface area contributed by atoms with Gasteiger partial charge in [0.15, 0.2) is 0 Å². The molecule has 88 valence electrons. The van der Waals surface area contributed by atoms with Crippen LogP contribution < -0.4 is 10.2 Å². The minimum absolute atomic E-state index is 0.629. The molecule has 0 spiro atoms. The van der Waals surface area contributed by atoms with Crippen molar-refractivity contribution < 1.29 is 0 Å². The summed E-state index contributed by atoms with van der Waals surface area (Å²) < 4.78 is 0. The standard InChI is InChI=1S/C13H21N3/c1-11(2)9-15-12-6-8-16(10-12)13-5-3-4-7-14-13/h3-5,7,11-12,15H,6,8-10H2,1-2H3. The van der Waals surface area contributed by atoms with Gasteiger partial charge in [-0.1, -0.05) is 19.9 Å². The molecule has 0 aromatic carbocycles. The summed E-state index contributed by atoms with van der Waals surface area (Å²) in [6, 6.07) is 6.74. The van der Waals surface area contributed by atoms with Crippen LogP contribution in [-0.4, -0.2) is 30.7 Å². The number of aromatic nitrogens is 1. The van der Waals surface area contributed by atoms with Crippen molar-refractivity contribution >= 4 is 5.82 Å². The zero-order valence-electron chi connectivity index (χ0n) is 10.2. The van der Waals surface area contributed by atoms with Gasteiger partial charge < -0.3 is 10.2 Å². The van der Waals surface area contributed by atoms with E-state index >= 15 is 0 Å². The van der Waals surface area contributed by atoms with Crippen molar-refractivity contribution in [2.75, 3.05) is 24.5 Å². The first-order valence-corrected chi connectivity index (χ1v) is 6.15. The van der Waals surface area contributed by atoms with Gasteiger partial charge in [-0.2, -0.15) is 0 Å². The number of rotatable bonds is 4. The molecule has 0 aliphatic carbocycles. The van der Waals surface area contributed by atoms with Gasteiger partial charge in [0.25, 0.3) is 0 Å². The van der Waals surface area contributed by atoms with Crippen molar-refractivity contribution in [2.45, 2.75) is 26.3 Å². The Balaban J connectivity index is 1.84. The molecule has 3 heteroatoms. The van der Waals surface area contributed by atoms with Gasteiger partial charge in [-0.05, 0) is 31.0 Å². The first kappa shape index (κ1) is 11.4. The SMILES string of the molecule is CC(C)CNC1CCN(c2ccccn2)C1. The molecule has 1 aliphatic rings. The van der Waals surface area contributed by atoms with Crippen molar-refractivity contribution in [1.82, 2.24) is 10.3 Å². The third kappa shape index (κ3) is 2.95. The van der Waals surface area contributed by atoms with E-state index in [0.29, 0.717) is 6.04 Å². The van der Waals surface area contributed by atoms with Crippen molar-refractivity contribution in [3.05, 3.63) is 24.4 Å². The topological polar surface area (TPSA) is 28.2 Å². The van der Waals surface area contributed by atoms with Crippen LogP contribution >= 0.6 is 0 Å². The molecule has 0 bridgehead atoms. The van der Waals surface area contributed by atoms with Crippen LogP contribution in [0.25, 0.3) is 0 Å². The largest absolute Gasteiger partial charge is 0.355 e. The molecule has 1 unspecified atom stereocenters. The van der Waals surface area contributed by atoms with Crippen molar-refractivity contribution in [2.24, 2.45) is 5.92 Å². The highest BCUT2D eigenvalue weighted by Gasteiger charge is 2.22.